The van der Waals surface area contributed by atoms with Crippen molar-refractivity contribution in [2.24, 2.45) is 5.92 Å². The van der Waals surface area contributed by atoms with Crippen LogP contribution in [-0.4, -0.2) is 53.3 Å². The number of aromatic nitrogens is 2. The van der Waals surface area contributed by atoms with Gasteiger partial charge in [-0.05, 0) is 24.1 Å². The first-order chi connectivity index (χ1) is 13.1. The zero-order valence-corrected chi connectivity index (χ0v) is 15.9. The summed E-state index contributed by atoms with van der Waals surface area (Å²) in [5.74, 6) is 1.42. The molecule has 1 aliphatic rings. The van der Waals surface area contributed by atoms with E-state index in [2.05, 4.69) is 25.1 Å². The summed E-state index contributed by atoms with van der Waals surface area (Å²) in [6.07, 6.45) is 2.59. The number of carbonyl (C=O) groups excluding carboxylic acids is 1. The first-order valence-corrected chi connectivity index (χ1v) is 9.37. The summed E-state index contributed by atoms with van der Waals surface area (Å²) in [7, 11) is 0. The molecule has 2 N–H and O–H groups in total. The van der Waals surface area contributed by atoms with E-state index in [1.54, 1.807) is 6.20 Å². The Hall–Kier alpha value is -2.67. The fourth-order valence-electron chi connectivity index (χ4n) is 3.13. The Labute approximate surface area is 160 Å². The molecule has 144 valence electrons. The van der Waals surface area contributed by atoms with Crippen LogP contribution in [0.25, 0.3) is 0 Å². The van der Waals surface area contributed by atoms with E-state index in [0.717, 1.165) is 43.4 Å². The summed E-state index contributed by atoms with van der Waals surface area (Å²) in [4.78, 5) is 25.5. The fourth-order valence-corrected chi connectivity index (χ4v) is 3.13. The van der Waals surface area contributed by atoms with Crippen molar-refractivity contribution >= 4 is 17.5 Å². The van der Waals surface area contributed by atoms with E-state index in [1.165, 1.54) is 0 Å². The van der Waals surface area contributed by atoms with Gasteiger partial charge in [0.25, 0.3) is 0 Å². The summed E-state index contributed by atoms with van der Waals surface area (Å²) >= 11 is 0. The minimum absolute atomic E-state index is 0.113. The number of anilines is 2. The van der Waals surface area contributed by atoms with Gasteiger partial charge in [0.05, 0.1) is 0 Å². The molecule has 3 rings (SSSR count). The monoisotopic (exact) mass is 369 g/mol. The molecule has 27 heavy (non-hydrogen) atoms. The Morgan fingerprint density at radius 2 is 1.78 bits per heavy atom. The first-order valence-electron chi connectivity index (χ1n) is 9.37. The topological polar surface area (TPSA) is 81.6 Å². The lowest BCUT2D eigenvalue weighted by molar-refractivity contribution is -0.131. The van der Waals surface area contributed by atoms with E-state index in [9.17, 15) is 9.90 Å². The van der Waals surface area contributed by atoms with E-state index in [1.807, 2.05) is 50.4 Å². The van der Waals surface area contributed by atoms with Crippen molar-refractivity contribution < 1.29 is 9.90 Å². The number of pyridine rings is 2. The molecule has 1 aliphatic heterocycles. The van der Waals surface area contributed by atoms with Gasteiger partial charge in [-0.3, -0.25) is 4.79 Å². The third-order valence-corrected chi connectivity index (χ3v) is 4.77. The maximum absolute atomic E-state index is 12.0. The molecule has 0 radical (unpaired) electrons. The van der Waals surface area contributed by atoms with Crippen LogP contribution in [0.4, 0.5) is 11.6 Å². The van der Waals surface area contributed by atoms with E-state index < -0.39 is 6.10 Å². The maximum atomic E-state index is 12.0. The molecule has 0 spiro atoms. The van der Waals surface area contributed by atoms with Crippen LogP contribution < -0.4 is 15.1 Å². The third kappa shape index (κ3) is 4.74. The van der Waals surface area contributed by atoms with Crippen LogP contribution in [0.1, 0.15) is 19.4 Å². The summed E-state index contributed by atoms with van der Waals surface area (Å²) in [6, 6.07) is 9.78. The molecule has 1 saturated heterocycles. The Balaban J connectivity index is 1.62. The Kier molecular flexibility index (Phi) is 6.24. The van der Waals surface area contributed by atoms with Crippen LogP contribution in [0.3, 0.4) is 0 Å². The van der Waals surface area contributed by atoms with Gasteiger partial charge >= 0.3 is 0 Å². The van der Waals surface area contributed by atoms with Gasteiger partial charge < -0.3 is 20.2 Å². The molecule has 1 atom stereocenters. The quantitative estimate of drug-likeness (QED) is 0.802. The Morgan fingerprint density at radius 3 is 2.44 bits per heavy atom. The number of piperazine rings is 1. The van der Waals surface area contributed by atoms with Gasteiger partial charge in [0.1, 0.15) is 17.7 Å². The number of carbonyl (C=O) groups is 1. The predicted molar refractivity (Wildman–Crippen MR) is 106 cm³/mol. The highest BCUT2D eigenvalue weighted by molar-refractivity contribution is 5.80. The average Bonchev–Trinajstić information content (AvgIpc) is 2.72. The SMILES string of the molecule is CC(C)[C@H](O)C(=O)NCc1cccnc1N1CCN(c2ccccn2)CC1. The van der Waals surface area contributed by atoms with Crippen molar-refractivity contribution in [3.8, 4) is 0 Å². The smallest absolute Gasteiger partial charge is 0.249 e. The number of nitrogens with zero attached hydrogens (tertiary/aromatic N) is 4. The highest BCUT2D eigenvalue weighted by atomic mass is 16.3. The van der Waals surface area contributed by atoms with E-state index in [4.69, 9.17) is 0 Å². The highest BCUT2D eigenvalue weighted by Gasteiger charge is 2.22. The number of aliphatic hydroxyl groups is 1. The molecular weight excluding hydrogens is 342 g/mol. The van der Waals surface area contributed by atoms with Gasteiger partial charge in [0, 0.05) is 50.7 Å². The second kappa shape index (κ2) is 8.81. The van der Waals surface area contributed by atoms with Crippen LogP contribution in [-0.2, 0) is 11.3 Å². The van der Waals surface area contributed by atoms with Crippen molar-refractivity contribution in [2.45, 2.75) is 26.5 Å². The molecule has 0 bridgehead atoms. The lowest BCUT2D eigenvalue weighted by Crippen LogP contribution is -2.47. The molecule has 0 aliphatic carbocycles. The Bertz CT molecular complexity index is 745. The second-order valence-electron chi connectivity index (χ2n) is 7.05. The van der Waals surface area contributed by atoms with Crippen molar-refractivity contribution in [3.63, 3.8) is 0 Å². The maximum Gasteiger partial charge on any atom is 0.249 e. The van der Waals surface area contributed by atoms with Crippen molar-refractivity contribution in [1.82, 2.24) is 15.3 Å². The second-order valence-corrected chi connectivity index (χ2v) is 7.05. The zero-order chi connectivity index (χ0) is 19.2. The highest BCUT2D eigenvalue weighted by Crippen LogP contribution is 2.21. The number of aliphatic hydroxyl groups excluding tert-OH is 1. The largest absolute Gasteiger partial charge is 0.383 e. The number of amides is 1. The lowest BCUT2D eigenvalue weighted by Gasteiger charge is -2.36. The summed E-state index contributed by atoms with van der Waals surface area (Å²) in [5, 5.41) is 12.7. The van der Waals surface area contributed by atoms with Crippen LogP contribution >= 0.6 is 0 Å². The molecule has 3 heterocycles. The number of nitrogens with one attached hydrogen (secondary N) is 1. The van der Waals surface area contributed by atoms with Crippen molar-refractivity contribution in [1.29, 1.82) is 0 Å². The van der Waals surface area contributed by atoms with E-state index in [-0.39, 0.29) is 11.8 Å². The summed E-state index contributed by atoms with van der Waals surface area (Å²) in [5.41, 5.74) is 0.952. The van der Waals surface area contributed by atoms with Gasteiger partial charge in [0.2, 0.25) is 5.91 Å². The molecule has 2 aromatic heterocycles. The van der Waals surface area contributed by atoms with E-state index in [0.29, 0.717) is 6.54 Å². The summed E-state index contributed by atoms with van der Waals surface area (Å²) < 4.78 is 0. The predicted octanol–water partition coefficient (Wildman–Crippen LogP) is 1.44. The number of hydrogen-bond acceptors (Lipinski definition) is 6. The van der Waals surface area contributed by atoms with Gasteiger partial charge in [-0.25, -0.2) is 9.97 Å². The van der Waals surface area contributed by atoms with Crippen LogP contribution in [0.5, 0.6) is 0 Å². The van der Waals surface area contributed by atoms with Crippen LogP contribution in [0.15, 0.2) is 42.7 Å². The van der Waals surface area contributed by atoms with Crippen molar-refractivity contribution in [2.75, 3.05) is 36.0 Å². The van der Waals surface area contributed by atoms with Crippen LogP contribution in [0.2, 0.25) is 0 Å². The molecule has 0 aromatic carbocycles. The average molecular weight is 369 g/mol. The van der Waals surface area contributed by atoms with Gasteiger partial charge in [-0.2, -0.15) is 0 Å². The normalized spacial score (nSPS) is 15.7. The molecule has 0 unspecified atom stereocenters. The minimum Gasteiger partial charge on any atom is -0.383 e. The van der Waals surface area contributed by atoms with Gasteiger partial charge in [-0.15, -0.1) is 0 Å². The standard InChI is InChI=1S/C20H27N5O2/c1-15(2)18(26)20(27)23-14-16-6-5-9-22-19(16)25-12-10-24(11-13-25)17-7-3-4-8-21-17/h3-9,15,18,26H,10-14H2,1-2H3,(H,23,27)/t18-/m0/s1. The molecule has 7 heteroatoms. The van der Waals surface area contributed by atoms with Crippen LogP contribution in [0, 0.1) is 5.92 Å². The number of rotatable bonds is 6. The molecule has 2 aromatic rings. The molecule has 1 amide bonds. The molecule has 0 saturated carbocycles. The lowest BCUT2D eigenvalue weighted by atomic mass is 10.1. The summed E-state index contributed by atoms with van der Waals surface area (Å²) in [6.45, 7) is 7.40. The molecular formula is C20H27N5O2. The molecule has 7 nitrogen and oxygen atoms in total. The zero-order valence-electron chi connectivity index (χ0n) is 15.9. The molecule has 1 fully saturated rings. The van der Waals surface area contributed by atoms with Gasteiger partial charge in [-0.1, -0.05) is 26.0 Å². The van der Waals surface area contributed by atoms with E-state index >= 15 is 0 Å². The number of hydrogen-bond donors (Lipinski definition) is 2. The fraction of sp³-hybridized carbons (Fsp3) is 0.450. The first kappa shape index (κ1) is 19.1. The van der Waals surface area contributed by atoms with Gasteiger partial charge in [0.15, 0.2) is 0 Å². The Morgan fingerprint density at radius 1 is 1.07 bits per heavy atom. The van der Waals surface area contributed by atoms with Crippen molar-refractivity contribution in [3.05, 3.63) is 48.3 Å². The third-order valence-electron chi connectivity index (χ3n) is 4.77. The minimum atomic E-state index is -0.993.